The Morgan fingerprint density at radius 1 is 1.26 bits per heavy atom. The number of carbonyl (C=O) groups excluding carboxylic acids is 2. The molecule has 0 radical (unpaired) electrons. The number of likely N-dealkylation sites (N-methyl/N-ethyl adjacent to an activating group) is 1. The molecule has 3 aromatic heterocycles. The number of methoxy groups -OCH3 is 1. The number of ether oxygens (including phenoxy) is 3. The van der Waals surface area contributed by atoms with E-state index in [1.165, 1.54) is 6.20 Å². The number of hydrogen-bond donors (Lipinski definition) is 2. The molecule has 5 rings (SSSR count). The number of nitrogens with zero attached hydrogens (tertiary/aromatic N) is 6. The summed E-state index contributed by atoms with van der Waals surface area (Å²) in [6.45, 7) is 8.00. The highest BCUT2D eigenvalue weighted by atomic mass is 16.7. The van der Waals surface area contributed by atoms with E-state index in [0.29, 0.717) is 74.0 Å². The summed E-state index contributed by atoms with van der Waals surface area (Å²) in [5.74, 6) is -0.0567. The molecule has 2 saturated heterocycles. The molecule has 13 nitrogen and oxygen atoms in total. The quantitative estimate of drug-likeness (QED) is 0.345. The van der Waals surface area contributed by atoms with Crippen molar-refractivity contribution < 1.29 is 23.8 Å². The Balaban J connectivity index is 1.51. The number of carbonyl (C=O) groups is 2. The van der Waals surface area contributed by atoms with Crippen LogP contribution in [-0.4, -0.2) is 96.3 Å². The molecule has 3 aromatic rings. The van der Waals surface area contributed by atoms with Gasteiger partial charge in [0.25, 0.3) is 5.91 Å². The molecule has 0 bridgehead atoms. The number of pyridine rings is 2. The van der Waals surface area contributed by atoms with Crippen LogP contribution in [0.15, 0.2) is 24.5 Å². The van der Waals surface area contributed by atoms with Gasteiger partial charge in [0, 0.05) is 63.4 Å². The van der Waals surface area contributed by atoms with Gasteiger partial charge >= 0.3 is 0 Å². The summed E-state index contributed by atoms with van der Waals surface area (Å²) in [6.07, 6.45) is 2.51. The largest absolute Gasteiger partial charge is 0.383 e. The predicted octanol–water partition coefficient (Wildman–Crippen LogP) is 2.51. The number of aromatic nitrogens is 3. The molecule has 5 heterocycles. The van der Waals surface area contributed by atoms with Crippen molar-refractivity contribution in [2.24, 2.45) is 0 Å². The van der Waals surface area contributed by atoms with Gasteiger partial charge in [-0.2, -0.15) is 5.26 Å². The maximum absolute atomic E-state index is 13.7. The molecule has 222 valence electrons. The van der Waals surface area contributed by atoms with E-state index in [-0.39, 0.29) is 17.8 Å². The van der Waals surface area contributed by atoms with Crippen LogP contribution in [0.5, 0.6) is 0 Å². The van der Waals surface area contributed by atoms with Crippen LogP contribution in [0.2, 0.25) is 0 Å². The SMILES string of the molecule is COCCNc1cc(NC(=O)c2cn(C(C)C)c3cc(CN4CCN(C)CC4=O)c(C4OCCO4)nc23)ncc1C#N. The van der Waals surface area contributed by atoms with Gasteiger partial charge in [0.1, 0.15) is 23.1 Å². The van der Waals surface area contributed by atoms with Crippen molar-refractivity contribution in [1.29, 1.82) is 5.26 Å². The Morgan fingerprint density at radius 3 is 2.74 bits per heavy atom. The summed E-state index contributed by atoms with van der Waals surface area (Å²) in [5.41, 5.74) is 3.90. The van der Waals surface area contributed by atoms with Gasteiger partial charge in [-0.25, -0.2) is 9.97 Å². The van der Waals surface area contributed by atoms with E-state index in [0.717, 1.165) is 17.6 Å². The van der Waals surface area contributed by atoms with E-state index in [4.69, 9.17) is 19.2 Å². The Kier molecular flexibility index (Phi) is 8.98. The van der Waals surface area contributed by atoms with Crippen LogP contribution in [0.1, 0.15) is 53.4 Å². The molecule has 0 aliphatic carbocycles. The average molecular weight is 577 g/mol. The Bertz CT molecular complexity index is 1510. The van der Waals surface area contributed by atoms with Crippen molar-refractivity contribution in [2.75, 3.05) is 70.8 Å². The predicted molar refractivity (Wildman–Crippen MR) is 155 cm³/mol. The first-order chi connectivity index (χ1) is 20.3. The van der Waals surface area contributed by atoms with Crippen molar-refractivity contribution in [2.45, 2.75) is 32.7 Å². The minimum absolute atomic E-state index is 0.0309. The van der Waals surface area contributed by atoms with Crippen LogP contribution in [0.4, 0.5) is 11.5 Å². The van der Waals surface area contributed by atoms with Gasteiger partial charge in [-0.05, 0) is 27.0 Å². The molecule has 2 amide bonds. The van der Waals surface area contributed by atoms with Crippen LogP contribution in [0.25, 0.3) is 11.0 Å². The standard InChI is InChI=1S/C29H36N8O5/c1-18(2)37-16-21(28(39)33-24-12-22(31-5-8-40-4)20(13-30)14-32-24)27-23(37)11-19(26(34-27)29-41-9-10-42-29)15-36-7-6-35(3)17-25(36)38/h11-12,14,16,18,29H,5-10,15,17H2,1-4H3,(H2,31,32,33,39). The second-order valence-electron chi connectivity index (χ2n) is 10.7. The van der Waals surface area contributed by atoms with Crippen LogP contribution >= 0.6 is 0 Å². The maximum Gasteiger partial charge on any atom is 0.260 e. The summed E-state index contributed by atoms with van der Waals surface area (Å²) in [4.78, 5) is 39.5. The molecule has 2 aliphatic rings. The molecule has 0 spiro atoms. The fourth-order valence-corrected chi connectivity index (χ4v) is 5.09. The van der Waals surface area contributed by atoms with Crippen molar-refractivity contribution >= 4 is 34.4 Å². The number of rotatable bonds is 10. The summed E-state index contributed by atoms with van der Waals surface area (Å²) in [6, 6.07) is 5.75. The van der Waals surface area contributed by atoms with Gasteiger partial charge < -0.3 is 34.3 Å². The lowest BCUT2D eigenvalue weighted by Gasteiger charge is -2.32. The molecule has 42 heavy (non-hydrogen) atoms. The Hall–Kier alpha value is -4.09. The highest BCUT2D eigenvalue weighted by molar-refractivity contribution is 6.11. The molecular formula is C29H36N8O5. The molecule has 13 heteroatoms. The minimum Gasteiger partial charge on any atom is -0.383 e. The van der Waals surface area contributed by atoms with Crippen LogP contribution in [0, 0.1) is 11.3 Å². The summed E-state index contributed by atoms with van der Waals surface area (Å²) >= 11 is 0. The van der Waals surface area contributed by atoms with Crippen LogP contribution in [0.3, 0.4) is 0 Å². The second kappa shape index (κ2) is 12.8. The van der Waals surface area contributed by atoms with Crippen molar-refractivity contribution in [1.82, 2.24) is 24.3 Å². The highest BCUT2D eigenvalue weighted by Crippen LogP contribution is 2.32. The number of fused-ring (bicyclic) bond motifs is 1. The summed E-state index contributed by atoms with van der Waals surface area (Å²) < 4.78 is 18.7. The van der Waals surface area contributed by atoms with E-state index >= 15 is 0 Å². The molecule has 0 atom stereocenters. The smallest absolute Gasteiger partial charge is 0.260 e. The molecule has 2 fully saturated rings. The zero-order valence-electron chi connectivity index (χ0n) is 24.3. The lowest BCUT2D eigenvalue weighted by atomic mass is 10.1. The topological polar surface area (TPSA) is 147 Å². The first-order valence-electron chi connectivity index (χ1n) is 14.0. The zero-order chi connectivity index (χ0) is 29.8. The molecule has 2 aliphatic heterocycles. The number of piperazine rings is 1. The normalized spacial score (nSPS) is 16.4. The first kappa shape index (κ1) is 29.4. The van der Waals surface area contributed by atoms with E-state index in [2.05, 4.69) is 21.7 Å². The monoisotopic (exact) mass is 576 g/mol. The number of nitriles is 1. The van der Waals surface area contributed by atoms with Gasteiger partial charge in [0.15, 0.2) is 0 Å². The summed E-state index contributed by atoms with van der Waals surface area (Å²) in [5, 5.41) is 15.5. The van der Waals surface area contributed by atoms with Gasteiger partial charge in [-0.15, -0.1) is 0 Å². The van der Waals surface area contributed by atoms with Gasteiger partial charge in [-0.1, -0.05) is 0 Å². The highest BCUT2D eigenvalue weighted by Gasteiger charge is 2.30. The molecule has 0 unspecified atom stereocenters. The molecule has 2 N–H and O–H groups in total. The van der Waals surface area contributed by atoms with Crippen molar-refractivity contribution in [3.8, 4) is 6.07 Å². The molecule has 0 aromatic carbocycles. The van der Waals surface area contributed by atoms with Gasteiger partial charge in [0.2, 0.25) is 12.2 Å². The van der Waals surface area contributed by atoms with E-state index < -0.39 is 12.2 Å². The van der Waals surface area contributed by atoms with Crippen molar-refractivity contribution in [3.05, 3.63) is 46.9 Å². The first-order valence-corrected chi connectivity index (χ1v) is 14.0. The van der Waals surface area contributed by atoms with Gasteiger partial charge in [0.05, 0.1) is 48.7 Å². The minimum atomic E-state index is -0.689. The zero-order valence-corrected chi connectivity index (χ0v) is 24.3. The number of nitrogens with one attached hydrogen (secondary N) is 2. The fourth-order valence-electron chi connectivity index (χ4n) is 5.09. The second-order valence-corrected chi connectivity index (χ2v) is 10.7. The Labute approximate surface area is 244 Å². The number of anilines is 2. The molecule has 0 saturated carbocycles. The number of amides is 2. The fraction of sp³-hybridized carbons (Fsp3) is 0.483. The lowest BCUT2D eigenvalue weighted by molar-refractivity contribution is -0.136. The number of hydrogen-bond acceptors (Lipinski definition) is 10. The van der Waals surface area contributed by atoms with Gasteiger partial charge in [-0.3, -0.25) is 14.5 Å². The third-order valence-electron chi connectivity index (χ3n) is 7.32. The summed E-state index contributed by atoms with van der Waals surface area (Å²) in [7, 11) is 3.53. The van der Waals surface area contributed by atoms with Crippen molar-refractivity contribution in [3.63, 3.8) is 0 Å². The lowest BCUT2D eigenvalue weighted by Crippen LogP contribution is -2.48. The van der Waals surface area contributed by atoms with Crippen LogP contribution < -0.4 is 10.6 Å². The van der Waals surface area contributed by atoms with Crippen LogP contribution in [-0.2, 0) is 25.5 Å². The van der Waals surface area contributed by atoms with E-state index in [9.17, 15) is 14.9 Å². The third kappa shape index (κ3) is 6.22. The third-order valence-corrected chi connectivity index (χ3v) is 7.32. The Morgan fingerprint density at radius 2 is 2.05 bits per heavy atom. The van der Waals surface area contributed by atoms with E-state index in [1.807, 2.05) is 41.3 Å². The van der Waals surface area contributed by atoms with E-state index in [1.54, 1.807) is 19.4 Å². The average Bonchev–Trinajstić information content (AvgIpc) is 3.63. The molecular weight excluding hydrogens is 540 g/mol. The maximum atomic E-state index is 13.7.